The van der Waals surface area contributed by atoms with Gasteiger partial charge in [0.2, 0.25) is 0 Å². The van der Waals surface area contributed by atoms with Crippen LogP contribution in [-0.2, 0) is 0 Å². The Kier molecular flexibility index (Phi) is 3.85. The SMILES string of the molecule is c1ccc(-c2nc(-c3ccc4sc5c(c4c3)-c3cccc4cccc-5c34)nc3ccccc23)cc1. The topological polar surface area (TPSA) is 25.8 Å². The van der Waals surface area contributed by atoms with Crippen molar-refractivity contribution in [3.8, 4) is 44.2 Å². The van der Waals surface area contributed by atoms with Crippen LogP contribution in [0.1, 0.15) is 0 Å². The van der Waals surface area contributed by atoms with Crippen LogP contribution in [0.2, 0.25) is 0 Å². The van der Waals surface area contributed by atoms with Crippen LogP contribution in [0.15, 0.2) is 109 Å². The van der Waals surface area contributed by atoms with E-state index in [9.17, 15) is 0 Å². The van der Waals surface area contributed by atoms with Gasteiger partial charge in [0.1, 0.15) is 0 Å². The number of hydrogen-bond acceptors (Lipinski definition) is 3. The molecule has 35 heavy (non-hydrogen) atoms. The maximum Gasteiger partial charge on any atom is 0.160 e. The standard InChI is InChI=1S/C32H18N2S/c1-2-8-20(9-3-1)30-22-12-4-5-15-26(22)33-32(34-30)21-16-17-27-25(18-21)29-23-13-6-10-19-11-7-14-24(28(19)23)31(29)35-27/h1-18H. The summed E-state index contributed by atoms with van der Waals surface area (Å²) in [6.45, 7) is 0. The Bertz CT molecular complexity index is 1950. The van der Waals surface area contributed by atoms with Crippen molar-refractivity contribution in [2.45, 2.75) is 0 Å². The van der Waals surface area contributed by atoms with E-state index in [-0.39, 0.29) is 0 Å². The van der Waals surface area contributed by atoms with Crippen molar-refractivity contribution in [1.29, 1.82) is 0 Å². The zero-order valence-corrected chi connectivity index (χ0v) is 19.5. The van der Waals surface area contributed by atoms with Gasteiger partial charge in [-0.2, -0.15) is 0 Å². The van der Waals surface area contributed by atoms with E-state index in [1.54, 1.807) is 0 Å². The summed E-state index contributed by atoms with van der Waals surface area (Å²) in [6, 6.07) is 38.6. The van der Waals surface area contributed by atoms with Crippen molar-refractivity contribution in [1.82, 2.24) is 9.97 Å². The van der Waals surface area contributed by atoms with Crippen molar-refractivity contribution < 1.29 is 0 Å². The second kappa shape index (κ2) is 7.08. The molecule has 0 unspecified atom stereocenters. The van der Waals surface area contributed by atoms with Gasteiger partial charge >= 0.3 is 0 Å². The molecule has 0 atom stereocenters. The van der Waals surface area contributed by atoms with Gasteiger partial charge in [0.25, 0.3) is 0 Å². The molecular weight excluding hydrogens is 444 g/mol. The summed E-state index contributed by atoms with van der Waals surface area (Å²) < 4.78 is 1.30. The van der Waals surface area contributed by atoms with E-state index in [1.165, 1.54) is 42.4 Å². The van der Waals surface area contributed by atoms with Gasteiger partial charge in [0.15, 0.2) is 5.82 Å². The molecule has 2 heterocycles. The molecule has 0 radical (unpaired) electrons. The van der Waals surface area contributed by atoms with Crippen molar-refractivity contribution in [2.24, 2.45) is 0 Å². The summed E-state index contributed by atoms with van der Waals surface area (Å²) in [5.41, 5.74) is 8.12. The molecule has 0 aliphatic heterocycles. The van der Waals surface area contributed by atoms with Crippen molar-refractivity contribution in [3.05, 3.63) is 109 Å². The summed E-state index contributed by atoms with van der Waals surface area (Å²) in [5.74, 6) is 0.762. The Morgan fingerprint density at radius 3 is 2.26 bits per heavy atom. The van der Waals surface area contributed by atoms with Crippen molar-refractivity contribution >= 4 is 43.1 Å². The van der Waals surface area contributed by atoms with Gasteiger partial charge in [-0.25, -0.2) is 9.97 Å². The minimum atomic E-state index is 0.762. The highest BCUT2D eigenvalue weighted by atomic mass is 32.1. The van der Waals surface area contributed by atoms with E-state index in [0.29, 0.717) is 0 Å². The highest BCUT2D eigenvalue weighted by molar-refractivity contribution is 7.23. The van der Waals surface area contributed by atoms with E-state index in [1.807, 2.05) is 23.5 Å². The molecule has 2 nitrogen and oxygen atoms in total. The monoisotopic (exact) mass is 462 g/mol. The number of nitrogens with zero attached hydrogens (tertiary/aromatic N) is 2. The lowest BCUT2D eigenvalue weighted by atomic mass is 10.0. The van der Waals surface area contributed by atoms with Gasteiger partial charge < -0.3 is 0 Å². The fourth-order valence-corrected chi connectivity index (χ4v) is 6.68. The molecule has 8 rings (SSSR count). The first-order valence-electron chi connectivity index (χ1n) is 11.8. The number of thiophene rings is 1. The predicted octanol–water partition coefficient (Wildman–Crippen LogP) is 8.98. The highest BCUT2D eigenvalue weighted by Crippen LogP contribution is 2.54. The molecule has 1 aliphatic carbocycles. The molecule has 0 spiro atoms. The molecule has 0 N–H and O–H groups in total. The van der Waals surface area contributed by atoms with Gasteiger partial charge in [-0.15, -0.1) is 11.3 Å². The van der Waals surface area contributed by atoms with Crippen molar-refractivity contribution in [3.63, 3.8) is 0 Å². The second-order valence-electron chi connectivity index (χ2n) is 9.01. The summed E-state index contributed by atoms with van der Waals surface area (Å²) in [7, 11) is 0. The Balaban J connectivity index is 1.38. The van der Waals surface area contributed by atoms with E-state index in [2.05, 4.69) is 97.1 Å². The summed E-state index contributed by atoms with van der Waals surface area (Å²) in [5, 5.41) is 5.03. The maximum absolute atomic E-state index is 5.10. The van der Waals surface area contributed by atoms with Crippen molar-refractivity contribution in [2.75, 3.05) is 0 Å². The molecule has 1 aliphatic rings. The minimum absolute atomic E-state index is 0.762. The predicted molar refractivity (Wildman–Crippen MR) is 148 cm³/mol. The molecule has 0 fully saturated rings. The van der Waals surface area contributed by atoms with Crippen LogP contribution >= 0.6 is 11.3 Å². The molecule has 162 valence electrons. The van der Waals surface area contributed by atoms with E-state index in [0.717, 1.165) is 33.5 Å². The van der Waals surface area contributed by atoms with E-state index >= 15 is 0 Å². The third-order valence-corrected chi connectivity index (χ3v) is 8.22. The lowest BCUT2D eigenvalue weighted by Gasteiger charge is -2.10. The van der Waals surface area contributed by atoms with Gasteiger partial charge in [-0.05, 0) is 40.6 Å². The Labute approximate surface area is 206 Å². The maximum atomic E-state index is 5.10. The number of aromatic nitrogens is 2. The first-order chi connectivity index (χ1) is 17.3. The third kappa shape index (κ3) is 2.70. The number of rotatable bonds is 2. The molecule has 0 saturated heterocycles. The van der Waals surface area contributed by atoms with Gasteiger partial charge in [0, 0.05) is 42.6 Å². The number of para-hydroxylation sites is 1. The molecule has 5 aromatic carbocycles. The van der Waals surface area contributed by atoms with Gasteiger partial charge in [0.05, 0.1) is 11.2 Å². The molecule has 2 aromatic heterocycles. The fraction of sp³-hybridized carbons (Fsp3) is 0. The minimum Gasteiger partial charge on any atom is -0.228 e. The first kappa shape index (κ1) is 19.0. The van der Waals surface area contributed by atoms with Crippen LogP contribution in [0.3, 0.4) is 0 Å². The van der Waals surface area contributed by atoms with Gasteiger partial charge in [-0.3, -0.25) is 0 Å². The second-order valence-corrected chi connectivity index (χ2v) is 10.1. The Morgan fingerprint density at radius 1 is 0.571 bits per heavy atom. The first-order valence-corrected chi connectivity index (χ1v) is 12.6. The van der Waals surface area contributed by atoms with Crippen LogP contribution in [0.5, 0.6) is 0 Å². The molecule has 0 bridgehead atoms. The smallest absolute Gasteiger partial charge is 0.160 e. The van der Waals surface area contributed by atoms with Crippen LogP contribution in [0, 0.1) is 0 Å². The Hall–Kier alpha value is -4.34. The highest BCUT2D eigenvalue weighted by Gasteiger charge is 2.26. The average molecular weight is 463 g/mol. The van der Waals surface area contributed by atoms with Crippen LogP contribution in [0.25, 0.3) is 76.0 Å². The Morgan fingerprint density at radius 2 is 1.37 bits per heavy atom. The van der Waals surface area contributed by atoms with Crippen LogP contribution in [0.4, 0.5) is 0 Å². The van der Waals surface area contributed by atoms with E-state index < -0.39 is 0 Å². The fourth-order valence-electron chi connectivity index (χ4n) is 5.45. The molecule has 0 amide bonds. The quantitative estimate of drug-likeness (QED) is 0.256. The lowest BCUT2D eigenvalue weighted by molar-refractivity contribution is 1.23. The largest absolute Gasteiger partial charge is 0.228 e. The zero-order valence-electron chi connectivity index (χ0n) is 18.7. The van der Waals surface area contributed by atoms with E-state index in [4.69, 9.17) is 9.97 Å². The number of fused-ring (bicyclic) bond motifs is 6. The molecule has 7 aromatic rings. The summed E-state index contributed by atoms with van der Waals surface area (Å²) in [6.07, 6.45) is 0. The third-order valence-electron chi connectivity index (χ3n) is 7.02. The lowest BCUT2D eigenvalue weighted by Crippen LogP contribution is -1.95. The van der Waals surface area contributed by atoms with Crippen LogP contribution in [-0.4, -0.2) is 9.97 Å². The summed E-state index contributed by atoms with van der Waals surface area (Å²) >= 11 is 1.88. The number of benzene rings is 5. The summed E-state index contributed by atoms with van der Waals surface area (Å²) in [4.78, 5) is 11.5. The van der Waals surface area contributed by atoms with Crippen LogP contribution < -0.4 is 0 Å². The molecular formula is C32H18N2S. The average Bonchev–Trinajstić information content (AvgIpc) is 3.45. The van der Waals surface area contributed by atoms with Gasteiger partial charge in [-0.1, -0.05) is 84.9 Å². The number of hydrogen-bond donors (Lipinski definition) is 0. The molecule has 3 heteroatoms. The molecule has 0 saturated carbocycles. The zero-order chi connectivity index (χ0) is 22.9. The normalized spacial score (nSPS) is 12.0.